The van der Waals surface area contributed by atoms with E-state index >= 15 is 0 Å². The smallest absolute Gasteiger partial charge is 0.238 e. The van der Waals surface area contributed by atoms with Crippen molar-refractivity contribution in [1.29, 1.82) is 0 Å². The van der Waals surface area contributed by atoms with Crippen LogP contribution in [0.3, 0.4) is 0 Å². The van der Waals surface area contributed by atoms with Gasteiger partial charge in [0.05, 0.1) is 18.1 Å². The van der Waals surface area contributed by atoms with Gasteiger partial charge >= 0.3 is 0 Å². The molecule has 114 valence electrons. The number of rotatable bonds is 3. The molecule has 1 atom stereocenters. The Labute approximate surface area is 129 Å². The highest BCUT2D eigenvalue weighted by atomic mass is 16.5. The molecule has 3 rings (SSSR count). The second-order valence-corrected chi connectivity index (χ2v) is 5.38. The fourth-order valence-electron chi connectivity index (χ4n) is 2.64. The normalized spacial score (nSPS) is 18.0. The van der Waals surface area contributed by atoms with Crippen LogP contribution < -0.4 is 4.74 Å². The van der Waals surface area contributed by atoms with Gasteiger partial charge in [-0.1, -0.05) is 0 Å². The van der Waals surface area contributed by atoms with Gasteiger partial charge in [-0.05, 0) is 25.0 Å². The summed E-state index contributed by atoms with van der Waals surface area (Å²) in [5.41, 5.74) is 0.868. The number of nitrogens with zero attached hydrogens (tertiary/aromatic N) is 4. The van der Waals surface area contributed by atoms with E-state index in [0.29, 0.717) is 18.2 Å². The van der Waals surface area contributed by atoms with E-state index in [2.05, 4.69) is 15.0 Å². The molecule has 0 radical (unpaired) electrons. The van der Waals surface area contributed by atoms with Crippen molar-refractivity contribution in [3.05, 3.63) is 42.6 Å². The Morgan fingerprint density at radius 2 is 2.23 bits per heavy atom. The first-order valence-electron chi connectivity index (χ1n) is 7.37. The van der Waals surface area contributed by atoms with Gasteiger partial charge in [0.15, 0.2) is 0 Å². The van der Waals surface area contributed by atoms with Gasteiger partial charge in [0.25, 0.3) is 0 Å². The van der Waals surface area contributed by atoms with Crippen molar-refractivity contribution in [3.8, 4) is 11.6 Å². The third-order valence-electron chi connectivity index (χ3n) is 3.77. The summed E-state index contributed by atoms with van der Waals surface area (Å²) in [4.78, 5) is 26.2. The van der Waals surface area contributed by atoms with Gasteiger partial charge in [-0.25, -0.2) is 4.98 Å². The van der Waals surface area contributed by atoms with Crippen LogP contribution in [-0.2, 0) is 4.79 Å². The van der Waals surface area contributed by atoms with E-state index in [4.69, 9.17) is 4.74 Å². The Morgan fingerprint density at radius 1 is 1.32 bits per heavy atom. The zero-order chi connectivity index (χ0) is 15.4. The lowest BCUT2D eigenvalue weighted by Gasteiger charge is -2.31. The highest BCUT2D eigenvalue weighted by molar-refractivity contribution is 5.73. The molecule has 0 spiro atoms. The molecule has 1 aliphatic rings. The number of amides is 1. The summed E-state index contributed by atoms with van der Waals surface area (Å²) < 4.78 is 5.67. The molecule has 0 bridgehead atoms. The van der Waals surface area contributed by atoms with E-state index in [1.165, 1.54) is 0 Å². The second kappa shape index (κ2) is 6.51. The maximum Gasteiger partial charge on any atom is 0.238 e. The Morgan fingerprint density at radius 3 is 3.00 bits per heavy atom. The first-order chi connectivity index (χ1) is 10.7. The highest BCUT2D eigenvalue weighted by Gasteiger charge is 2.24. The number of hydrogen-bond donors (Lipinski definition) is 0. The van der Waals surface area contributed by atoms with Crippen LogP contribution in [0.4, 0.5) is 0 Å². The van der Waals surface area contributed by atoms with E-state index in [9.17, 15) is 4.79 Å². The van der Waals surface area contributed by atoms with Crippen molar-refractivity contribution in [2.45, 2.75) is 25.7 Å². The molecule has 22 heavy (non-hydrogen) atoms. The van der Waals surface area contributed by atoms with Crippen LogP contribution in [0, 0.1) is 0 Å². The highest BCUT2D eigenvalue weighted by Crippen LogP contribution is 2.27. The standard InChI is InChI=1S/C16H18N4O2/c1-12(21)20-7-3-4-13(11-20)15-9-18-10-16(19-15)22-14-5-2-6-17-8-14/h2,5-6,8-10,13H,3-4,7,11H2,1H3/t13-/m0/s1. The number of carbonyl (C=O) groups is 1. The molecule has 1 saturated heterocycles. The average molecular weight is 298 g/mol. The monoisotopic (exact) mass is 298 g/mol. The van der Waals surface area contributed by atoms with Crippen molar-refractivity contribution < 1.29 is 9.53 Å². The van der Waals surface area contributed by atoms with Crippen molar-refractivity contribution in [3.63, 3.8) is 0 Å². The molecule has 2 aromatic rings. The largest absolute Gasteiger partial charge is 0.436 e. The van der Waals surface area contributed by atoms with E-state index in [0.717, 1.165) is 25.1 Å². The van der Waals surface area contributed by atoms with Gasteiger partial charge < -0.3 is 9.64 Å². The summed E-state index contributed by atoms with van der Waals surface area (Å²) >= 11 is 0. The molecule has 2 aromatic heterocycles. The van der Waals surface area contributed by atoms with E-state index in [-0.39, 0.29) is 11.8 Å². The van der Waals surface area contributed by atoms with Crippen LogP contribution in [0.25, 0.3) is 0 Å². The minimum Gasteiger partial charge on any atom is -0.436 e. The van der Waals surface area contributed by atoms with E-state index < -0.39 is 0 Å². The molecule has 1 fully saturated rings. The van der Waals surface area contributed by atoms with Crippen LogP contribution in [0.5, 0.6) is 11.6 Å². The third-order valence-corrected chi connectivity index (χ3v) is 3.77. The number of aromatic nitrogens is 3. The summed E-state index contributed by atoms with van der Waals surface area (Å²) in [7, 11) is 0. The second-order valence-electron chi connectivity index (χ2n) is 5.38. The Balaban J connectivity index is 1.75. The lowest BCUT2D eigenvalue weighted by Crippen LogP contribution is -2.37. The van der Waals surface area contributed by atoms with Crippen molar-refractivity contribution in [1.82, 2.24) is 19.9 Å². The maximum atomic E-state index is 11.5. The topological polar surface area (TPSA) is 68.2 Å². The predicted octanol–water partition coefficient (Wildman–Crippen LogP) is 2.39. The first kappa shape index (κ1) is 14.4. The summed E-state index contributed by atoms with van der Waals surface area (Å²) in [5, 5.41) is 0. The number of piperidine rings is 1. The molecular formula is C16H18N4O2. The molecule has 0 aliphatic carbocycles. The molecule has 1 aliphatic heterocycles. The molecule has 6 nitrogen and oxygen atoms in total. The maximum absolute atomic E-state index is 11.5. The minimum atomic E-state index is 0.112. The summed E-state index contributed by atoms with van der Waals surface area (Å²) in [6.45, 7) is 3.13. The summed E-state index contributed by atoms with van der Waals surface area (Å²) in [5.74, 6) is 1.40. The Kier molecular flexibility index (Phi) is 4.27. The van der Waals surface area contributed by atoms with Gasteiger partial charge in [0.1, 0.15) is 5.75 Å². The van der Waals surface area contributed by atoms with Crippen molar-refractivity contribution in [2.24, 2.45) is 0 Å². The number of ether oxygens (including phenoxy) is 1. The lowest BCUT2D eigenvalue weighted by atomic mass is 9.95. The van der Waals surface area contributed by atoms with Gasteiger partial charge in [-0.3, -0.25) is 14.8 Å². The summed E-state index contributed by atoms with van der Waals surface area (Å²) in [6, 6.07) is 3.62. The Bertz CT molecular complexity index is 648. The minimum absolute atomic E-state index is 0.112. The van der Waals surface area contributed by atoms with Crippen LogP contribution in [0.1, 0.15) is 31.4 Å². The van der Waals surface area contributed by atoms with Crippen LogP contribution in [0.15, 0.2) is 36.9 Å². The van der Waals surface area contributed by atoms with Gasteiger partial charge in [-0.2, -0.15) is 0 Å². The summed E-state index contributed by atoms with van der Waals surface area (Å²) in [6.07, 6.45) is 8.65. The predicted molar refractivity (Wildman–Crippen MR) is 80.6 cm³/mol. The van der Waals surface area contributed by atoms with Crippen molar-refractivity contribution in [2.75, 3.05) is 13.1 Å². The molecule has 0 saturated carbocycles. The zero-order valence-electron chi connectivity index (χ0n) is 12.5. The fourth-order valence-corrected chi connectivity index (χ4v) is 2.64. The molecule has 0 N–H and O–H groups in total. The van der Waals surface area contributed by atoms with Gasteiger partial charge in [-0.15, -0.1) is 0 Å². The number of carbonyl (C=O) groups excluding carboxylic acids is 1. The molecule has 0 aromatic carbocycles. The first-order valence-corrected chi connectivity index (χ1v) is 7.37. The molecule has 6 heteroatoms. The molecule has 0 unspecified atom stereocenters. The SMILES string of the molecule is CC(=O)N1CCC[C@H](c2cncc(Oc3cccnc3)n2)C1. The van der Waals surface area contributed by atoms with E-state index in [1.54, 1.807) is 37.8 Å². The molecule has 3 heterocycles. The molecule has 1 amide bonds. The lowest BCUT2D eigenvalue weighted by molar-refractivity contribution is -0.130. The Hall–Kier alpha value is -2.50. The van der Waals surface area contributed by atoms with Gasteiger partial charge in [0, 0.05) is 38.3 Å². The number of pyridine rings is 1. The van der Waals surface area contributed by atoms with Gasteiger partial charge in [0.2, 0.25) is 11.8 Å². The third kappa shape index (κ3) is 3.39. The van der Waals surface area contributed by atoms with Crippen molar-refractivity contribution >= 4 is 5.91 Å². The number of likely N-dealkylation sites (tertiary alicyclic amines) is 1. The number of hydrogen-bond acceptors (Lipinski definition) is 5. The van der Waals surface area contributed by atoms with Crippen LogP contribution in [0.2, 0.25) is 0 Å². The zero-order valence-corrected chi connectivity index (χ0v) is 12.5. The molecular weight excluding hydrogens is 280 g/mol. The fraction of sp³-hybridized carbons (Fsp3) is 0.375. The average Bonchev–Trinajstić information content (AvgIpc) is 2.56. The van der Waals surface area contributed by atoms with Crippen LogP contribution in [-0.4, -0.2) is 38.8 Å². The van der Waals surface area contributed by atoms with Crippen LogP contribution >= 0.6 is 0 Å². The quantitative estimate of drug-likeness (QED) is 0.870. The van der Waals surface area contributed by atoms with E-state index in [1.807, 2.05) is 11.0 Å².